The lowest BCUT2D eigenvalue weighted by atomic mass is 10.1. The van der Waals surface area contributed by atoms with E-state index >= 15 is 0 Å². The zero-order valence-corrected chi connectivity index (χ0v) is 16.3. The number of carbonyl (C=O) groups is 2. The highest BCUT2D eigenvalue weighted by atomic mass is 35.5. The molecular formula is C18H15Cl2N3O2S. The molecule has 1 heterocycles. The number of likely N-dealkylation sites (N-methyl/N-ethyl adjacent to an activating group) is 1. The molecular weight excluding hydrogens is 393 g/mol. The molecule has 1 amide bonds. The lowest BCUT2D eigenvalue weighted by Crippen LogP contribution is -2.27. The van der Waals surface area contributed by atoms with Gasteiger partial charge in [-0.25, -0.2) is 0 Å². The Bertz CT molecular complexity index is 997. The van der Waals surface area contributed by atoms with Gasteiger partial charge in [-0.2, -0.15) is 0 Å². The molecule has 0 fully saturated rings. The normalized spacial score (nSPS) is 10.8. The summed E-state index contributed by atoms with van der Waals surface area (Å²) >= 11 is 13.4. The molecule has 2 N–H and O–H groups in total. The number of fused-ring (bicyclic) bond motifs is 1. The Morgan fingerprint density at radius 2 is 1.77 bits per heavy atom. The van der Waals surface area contributed by atoms with Crippen molar-refractivity contribution in [2.24, 2.45) is 7.05 Å². The summed E-state index contributed by atoms with van der Waals surface area (Å²) in [6.07, 6.45) is 1.66. The number of aryl methyl sites for hydroxylation is 1. The first-order valence-electron chi connectivity index (χ1n) is 7.63. The molecule has 1 aromatic heterocycles. The highest BCUT2D eigenvalue weighted by molar-refractivity contribution is 8.00. The monoisotopic (exact) mass is 407 g/mol. The van der Waals surface area contributed by atoms with Gasteiger partial charge in [0.25, 0.3) is 11.7 Å². The van der Waals surface area contributed by atoms with Gasteiger partial charge in [0.1, 0.15) is 0 Å². The summed E-state index contributed by atoms with van der Waals surface area (Å²) in [5, 5.41) is 4.22. The topological polar surface area (TPSA) is 63.1 Å². The van der Waals surface area contributed by atoms with Crippen LogP contribution in [0.2, 0.25) is 10.0 Å². The Morgan fingerprint density at radius 3 is 2.42 bits per heavy atom. The van der Waals surface area contributed by atoms with Crippen molar-refractivity contribution in [1.29, 1.82) is 0 Å². The Morgan fingerprint density at radius 1 is 1.08 bits per heavy atom. The molecule has 3 rings (SSSR count). The van der Waals surface area contributed by atoms with Crippen LogP contribution < -0.4 is 10.0 Å². The van der Waals surface area contributed by atoms with E-state index in [9.17, 15) is 9.59 Å². The summed E-state index contributed by atoms with van der Waals surface area (Å²) in [6, 6.07) is 10.9. The number of ketones is 1. The van der Waals surface area contributed by atoms with Gasteiger partial charge in [0.15, 0.2) is 0 Å². The van der Waals surface area contributed by atoms with E-state index in [-0.39, 0.29) is 0 Å². The first-order chi connectivity index (χ1) is 12.4. The van der Waals surface area contributed by atoms with Crippen molar-refractivity contribution in [1.82, 2.24) is 9.88 Å². The average molecular weight is 408 g/mol. The highest BCUT2D eigenvalue weighted by Crippen LogP contribution is 2.30. The standard InChI is InChI=1S/C18H15Cl2N3O2S/c1-21-18(25)17(24)15-9-23(2)16-8-12(3-4-14(15)16)22-26-13-6-10(19)5-11(20)7-13/h3-9,22H,1-2H3,(H,21,25). The summed E-state index contributed by atoms with van der Waals surface area (Å²) in [5.41, 5.74) is 2.06. The maximum Gasteiger partial charge on any atom is 0.292 e. The fraction of sp³-hybridized carbons (Fsp3) is 0.111. The molecule has 0 aliphatic carbocycles. The van der Waals surface area contributed by atoms with Crippen molar-refractivity contribution in [2.75, 3.05) is 11.8 Å². The number of anilines is 1. The smallest absolute Gasteiger partial charge is 0.292 e. The van der Waals surface area contributed by atoms with Gasteiger partial charge in [0.05, 0.1) is 11.1 Å². The molecule has 0 saturated carbocycles. The molecule has 134 valence electrons. The summed E-state index contributed by atoms with van der Waals surface area (Å²) in [4.78, 5) is 24.7. The number of Topliss-reactive ketones (excluding diaryl/α,β-unsaturated/α-hetero) is 1. The van der Waals surface area contributed by atoms with Crippen LogP contribution in [0.3, 0.4) is 0 Å². The maximum absolute atomic E-state index is 12.2. The second kappa shape index (κ2) is 7.61. The first kappa shape index (κ1) is 18.6. The molecule has 5 nitrogen and oxygen atoms in total. The molecule has 0 atom stereocenters. The summed E-state index contributed by atoms with van der Waals surface area (Å²) in [7, 11) is 3.27. The molecule has 8 heteroatoms. The SMILES string of the molecule is CNC(=O)C(=O)c1cn(C)c2cc(NSc3cc(Cl)cc(Cl)c3)ccc12. The fourth-order valence-electron chi connectivity index (χ4n) is 2.57. The number of nitrogens with zero attached hydrogens (tertiary/aromatic N) is 1. The Kier molecular flexibility index (Phi) is 5.46. The minimum absolute atomic E-state index is 0.377. The zero-order chi connectivity index (χ0) is 18.8. The van der Waals surface area contributed by atoms with E-state index in [1.165, 1.54) is 19.0 Å². The molecule has 3 aromatic rings. The summed E-state index contributed by atoms with van der Waals surface area (Å²) < 4.78 is 5.05. The van der Waals surface area contributed by atoms with E-state index < -0.39 is 11.7 Å². The predicted octanol–water partition coefficient (Wildman–Crippen LogP) is 4.53. The van der Waals surface area contributed by atoms with Crippen LogP contribution in [-0.2, 0) is 11.8 Å². The number of hydrogen-bond donors (Lipinski definition) is 2. The lowest BCUT2D eigenvalue weighted by Gasteiger charge is -2.07. The van der Waals surface area contributed by atoms with E-state index in [2.05, 4.69) is 10.0 Å². The second-order valence-electron chi connectivity index (χ2n) is 5.60. The number of rotatable bonds is 5. The number of aromatic nitrogens is 1. The Balaban J connectivity index is 1.86. The Labute approximate surface area is 164 Å². The lowest BCUT2D eigenvalue weighted by molar-refractivity contribution is -0.116. The van der Waals surface area contributed by atoms with E-state index in [4.69, 9.17) is 23.2 Å². The number of benzene rings is 2. The second-order valence-corrected chi connectivity index (χ2v) is 7.36. The number of halogens is 2. The van der Waals surface area contributed by atoms with Gasteiger partial charge >= 0.3 is 0 Å². The predicted molar refractivity (Wildman–Crippen MR) is 107 cm³/mol. The third kappa shape index (κ3) is 3.82. The number of amides is 1. The zero-order valence-electron chi connectivity index (χ0n) is 14.0. The van der Waals surface area contributed by atoms with Gasteiger partial charge in [-0.15, -0.1) is 0 Å². The molecule has 0 spiro atoms. The van der Waals surface area contributed by atoms with Crippen LogP contribution in [0, 0.1) is 0 Å². The maximum atomic E-state index is 12.2. The minimum atomic E-state index is -0.631. The van der Waals surface area contributed by atoms with E-state index in [0.717, 1.165) is 21.5 Å². The molecule has 0 unspecified atom stereocenters. The molecule has 0 bridgehead atoms. The van der Waals surface area contributed by atoms with E-state index in [0.29, 0.717) is 15.6 Å². The van der Waals surface area contributed by atoms with Gasteiger partial charge in [-0.05, 0) is 48.3 Å². The average Bonchev–Trinajstić information content (AvgIpc) is 2.94. The van der Waals surface area contributed by atoms with E-state index in [1.807, 2.05) is 41.9 Å². The van der Waals surface area contributed by atoms with Crippen LogP contribution in [0.5, 0.6) is 0 Å². The van der Waals surface area contributed by atoms with Crippen LogP contribution in [-0.4, -0.2) is 23.3 Å². The largest absolute Gasteiger partial charge is 0.352 e. The van der Waals surface area contributed by atoms with Crippen LogP contribution >= 0.6 is 35.1 Å². The first-order valence-corrected chi connectivity index (χ1v) is 9.20. The molecule has 2 aromatic carbocycles. The quantitative estimate of drug-likeness (QED) is 0.370. The van der Waals surface area contributed by atoms with Crippen LogP contribution in [0.4, 0.5) is 5.69 Å². The summed E-state index contributed by atoms with van der Waals surface area (Å²) in [5.74, 6) is -1.19. The third-order valence-electron chi connectivity index (χ3n) is 3.79. The minimum Gasteiger partial charge on any atom is -0.352 e. The Hall–Kier alpha value is -2.15. The van der Waals surface area contributed by atoms with Gasteiger partial charge in [-0.3, -0.25) is 9.59 Å². The van der Waals surface area contributed by atoms with Crippen LogP contribution in [0.1, 0.15) is 10.4 Å². The third-order valence-corrected chi connectivity index (χ3v) is 5.04. The van der Waals surface area contributed by atoms with Gasteiger partial charge in [0.2, 0.25) is 0 Å². The molecule has 0 saturated heterocycles. The van der Waals surface area contributed by atoms with Crippen molar-refractivity contribution in [3.8, 4) is 0 Å². The highest BCUT2D eigenvalue weighted by Gasteiger charge is 2.20. The van der Waals surface area contributed by atoms with Crippen LogP contribution in [0.25, 0.3) is 10.9 Å². The van der Waals surface area contributed by atoms with Crippen molar-refractivity contribution < 1.29 is 9.59 Å². The molecule has 0 aliphatic heterocycles. The summed E-state index contributed by atoms with van der Waals surface area (Å²) in [6.45, 7) is 0. The van der Waals surface area contributed by atoms with Crippen molar-refractivity contribution >= 4 is 63.4 Å². The molecule has 0 aliphatic rings. The fourth-order valence-corrected chi connectivity index (χ4v) is 3.96. The number of hydrogen-bond acceptors (Lipinski definition) is 4. The molecule has 26 heavy (non-hydrogen) atoms. The van der Waals surface area contributed by atoms with Gasteiger partial charge < -0.3 is 14.6 Å². The van der Waals surface area contributed by atoms with Crippen molar-refractivity contribution in [2.45, 2.75) is 4.90 Å². The van der Waals surface area contributed by atoms with Crippen molar-refractivity contribution in [3.05, 3.63) is 58.2 Å². The van der Waals surface area contributed by atoms with Crippen LogP contribution in [0.15, 0.2) is 47.5 Å². The van der Waals surface area contributed by atoms with Crippen molar-refractivity contribution in [3.63, 3.8) is 0 Å². The van der Waals surface area contributed by atoms with Gasteiger partial charge in [0, 0.05) is 46.3 Å². The number of nitrogens with one attached hydrogen (secondary N) is 2. The number of carbonyl (C=O) groups excluding carboxylic acids is 2. The van der Waals surface area contributed by atoms with Gasteiger partial charge in [-0.1, -0.05) is 23.2 Å². The van der Waals surface area contributed by atoms with E-state index in [1.54, 1.807) is 12.3 Å². The molecule has 0 radical (unpaired) electrons.